The van der Waals surface area contributed by atoms with Crippen molar-refractivity contribution in [2.45, 2.75) is 32.2 Å². The highest BCUT2D eigenvalue weighted by Crippen LogP contribution is 2.24. The summed E-state index contributed by atoms with van der Waals surface area (Å²) in [6.45, 7) is 5.83. The van der Waals surface area contributed by atoms with Gasteiger partial charge in [0.15, 0.2) is 0 Å². The second-order valence-corrected chi connectivity index (χ2v) is 5.26. The predicted octanol–water partition coefficient (Wildman–Crippen LogP) is 2.56. The van der Waals surface area contributed by atoms with E-state index in [0.717, 1.165) is 17.1 Å². The Morgan fingerprint density at radius 1 is 1.32 bits per heavy atom. The summed E-state index contributed by atoms with van der Waals surface area (Å²) in [6.07, 6.45) is 3.62. The van der Waals surface area contributed by atoms with Gasteiger partial charge in [-0.25, -0.2) is 0 Å². The van der Waals surface area contributed by atoms with Crippen molar-refractivity contribution in [2.75, 3.05) is 37.8 Å². The van der Waals surface area contributed by atoms with Gasteiger partial charge in [0.2, 0.25) is 0 Å². The van der Waals surface area contributed by atoms with Crippen LogP contribution in [0.5, 0.6) is 5.75 Å². The number of anilines is 2. The van der Waals surface area contributed by atoms with E-state index in [1.54, 1.807) is 7.11 Å². The Bertz CT molecular complexity index is 400. The number of rotatable bonds is 5. The van der Waals surface area contributed by atoms with Crippen LogP contribution in [0.15, 0.2) is 18.2 Å². The average molecular weight is 263 g/mol. The number of benzene rings is 1. The minimum atomic E-state index is 0.541. The first-order chi connectivity index (χ1) is 9.21. The molecule has 4 heteroatoms. The molecule has 1 aliphatic rings. The Kier molecular flexibility index (Phi) is 4.91. The third kappa shape index (κ3) is 4.03. The number of ether oxygens (including phenoxy) is 1. The van der Waals surface area contributed by atoms with E-state index in [1.165, 1.54) is 38.9 Å². The van der Waals surface area contributed by atoms with Gasteiger partial charge in [-0.3, -0.25) is 0 Å². The summed E-state index contributed by atoms with van der Waals surface area (Å²) >= 11 is 0. The van der Waals surface area contributed by atoms with Crippen molar-refractivity contribution in [3.63, 3.8) is 0 Å². The molecule has 0 atom stereocenters. The fourth-order valence-corrected chi connectivity index (χ4v) is 2.68. The van der Waals surface area contributed by atoms with Crippen molar-refractivity contribution >= 4 is 11.4 Å². The molecule has 4 nitrogen and oxygen atoms in total. The number of likely N-dealkylation sites (tertiary alicyclic amines) is 1. The zero-order valence-electron chi connectivity index (χ0n) is 12.0. The smallest absolute Gasteiger partial charge is 0.122 e. The largest absolute Gasteiger partial charge is 0.497 e. The van der Waals surface area contributed by atoms with Crippen LogP contribution >= 0.6 is 0 Å². The van der Waals surface area contributed by atoms with Crippen LogP contribution in [0.1, 0.15) is 26.2 Å². The number of nitrogens with one attached hydrogen (secondary N) is 1. The molecule has 1 heterocycles. The molecule has 1 saturated heterocycles. The van der Waals surface area contributed by atoms with Crippen LogP contribution in [0.2, 0.25) is 0 Å². The quantitative estimate of drug-likeness (QED) is 0.802. The second-order valence-electron chi connectivity index (χ2n) is 5.26. The Labute approximate surface area is 115 Å². The lowest BCUT2D eigenvalue weighted by molar-refractivity contribution is 0.219. The normalized spacial score (nSPS) is 17.4. The highest BCUT2D eigenvalue weighted by Gasteiger charge is 2.18. The van der Waals surface area contributed by atoms with Gasteiger partial charge in [0.05, 0.1) is 7.11 Å². The van der Waals surface area contributed by atoms with Gasteiger partial charge in [0.25, 0.3) is 0 Å². The topological polar surface area (TPSA) is 50.5 Å². The molecule has 3 N–H and O–H groups in total. The summed E-state index contributed by atoms with van der Waals surface area (Å²) in [5.41, 5.74) is 7.68. The molecule has 1 aliphatic heterocycles. The molecule has 2 rings (SSSR count). The maximum Gasteiger partial charge on any atom is 0.122 e. The summed E-state index contributed by atoms with van der Waals surface area (Å²) in [7, 11) is 1.67. The highest BCUT2D eigenvalue weighted by molar-refractivity contribution is 5.59. The summed E-state index contributed by atoms with van der Waals surface area (Å²) in [5, 5.41) is 3.57. The Hall–Kier alpha value is -1.42. The van der Waals surface area contributed by atoms with Crippen LogP contribution in [0.25, 0.3) is 0 Å². The average Bonchev–Trinajstić information content (AvgIpc) is 2.40. The molecule has 106 valence electrons. The maximum atomic E-state index is 5.87. The molecule has 0 aliphatic carbocycles. The number of hydrogen-bond donors (Lipinski definition) is 2. The molecule has 0 amide bonds. The summed E-state index contributed by atoms with van der Waals surface area (Å²) in [6, 6.07) is 6.37. The third-order valence-electron chi connectivity index (χ3n) is 3.66. The summed E-state index contributed by atoms with van der Waals surface area (Å²) in [4.78, 5) is 2.54. The van der Waals surface area contributed by atoms with E-state index < -0.39 is 0 Å². The van der Waals surface area contributed by atoms with Crippen LogP contribution in [0.3, 0.4) is 0 Å². The van der Waals surface area contributed by atoms with Crippen LogP contribution in [0.4, 0.5) is 11.4 Å². The molecular weight excluding hydrogens is 238 g/mol. The van der Waals surface area contributed by atoms with E-state index in [1.807, 2.05) is 18.2 Å². The van der Waals surface area contributed by atoms with Crippen LogP contribution in [-0.4, -0.2) is 37.7 Å². The number of nitrogen functional groups attached to an aromatic ring is 1. The SMILES string of the molecule is CCCN1CCC(Nc2cc(N)cc(OC)c2)CC1. The van der Waals surface area contributed by atoms with E-state index in [0.29, 0.717) is 6.04 Å². The minimum absolute atomic E-state index is 0.541. The van der Waals surface area contributed by atoms with Crippen LogP contribution in [-0.2, 0) is 0 Å². The van der Waals surface area contributed by atoms with Gasteiger partial charge >= 0.3 is 0 Å². The Balaban J connectivity index is 1.90. The summed E-state index contributed by atoms with van der Waals surface area (Å²) in [5.74, 6) is 0.811. The molecule has 19 heavy (non-hydrogen) atoms. The minimum Gasteiger partial charge on any atom is -0.497 e. The molecule has 1 fully saturated rings. The fraction of sp³-hybridized carbons (Fsp3) is 0.600. The molecular formula is C15H25N3O. The summed E-state index contributed by atoms with van der Waals surface area (Å²) < 4.78 is 5.25. The zero-order chi connectivity index (χ0) is 13.7. The van der Waals surface area contributed by atoms with E-state index >= 15 is 0 Å². The van der Waals surface area contributed by atoms with Gasteiger partial charge in [0, 0.05) is 42.6 Å². The molecule has 0 saturated carbocycles. The van der Waals surface area contributed by atoms with Gasteiger partial charge < -0.3 is 20.7 Å². The monoisotopic (exact) mass is 263 g/mol. The number of hydrogen-bond acceptors (Lipinski definition) is 4. The van der Waals surface area contributed by atoms with E-state index in [4.69, 9.17) is 10.5 Å². The molecule has 0 spiro atoms. The van der Waals surface area contributed by atoms with Crippen molar-refractivity contribution in [2.24, 2.45) is 0 Å². The standard InChI is InChI=1S/C15H25N3O/c1-3-6-18-7-4-13(5-8-18)17-14-9-12(16)10-15(11-14)19-2/h9-11,13,17H,3-8,16H2,1-2H3. The molecule has 0 aromatic heterocycles. The lowest BCUT2D eigenvalue weighted by atomic mass is 10.0. The zero-order valence-corrected chi connectivity index (χ0v) is 12.0. The maximum absolute atomic E-state index is 5.87. The Morgan fingerprint density at radius 2 is 2.05 bits per heavy atom. The molecule has 1 aromatic carbocycles. The molecule has 1 aromatic rings. The lowest BCUT2D eigenvalue weighted by Gasteiger charge is -2.32. The van der Waals surface area contributed by atoms with Crippen molar-refractivity contribution in [3.8, 4) is 5.75 Å². The predicted molar refractivity (Wildman–Crippen MR) is 80.8 cm³/mol. The van der Waals surface area contributed by atoms with Gasteiger partial charge in [0.1, 0.15) is 5.75 Å². The number of nitrogens with two attached hydrogens (primary N) is 1. The molecule has 0 unspecified atom stereocenters. The number of methoxy groups -OCH3 is 1. The first-order valence-corrected chi connectivity index (χ1v) is 7.14. The molecule has 0 radical (unpaired) electrons. The van der Waals surface area contributed by atoms with E-state index in [9.17, 15) is 0 Å². The highest BCUT2D eigenvalue weighted by atomic mass is 16.5. The van der Waals surface area contributed by atoms with E-state index in [-0.39, 0.29) is 0 Å². The second kappa shape index (κ2) is 6.66. The Morgan fingerprint density at radius 3 is 2.68 bits per heavy atom. The molecule has 0 bridgehead atoms. The number of nitrogens with zero attached hydrogens (tertiary/aromatic N) is 1. The fourth-order valence-electron chi connectivity index (χ4n) is 2.68. The van der Waals surface area contributed by atoms with Gasteiger partial charge in [-0.05, 0) is 31.9 Å². The third-order valence-corrected chi connectivity index (χ3v) is 3.66. The van der Waals surface area contributed by atoms with Crippen molar-refractivity contribution in [1.29, 1.82) is 0 Å². The van der Waals surface area contributed by atoms with Crippen LogP contribution < -0.4 is 15.8 Å². The first-order valence-electron chi connectivity index (χ1n) is 7.14. The van der Waals surface area contributed by atoms with Crippen molar-refractivity contribution in [1.82, 2.24) is 4.90 Å². The van der Waals surface area contributed by atoms with Crippen molar-refractivity contribution in [3.05, 3.63) is 18.2 Å². The van der Waals surface area contributed by atoms with Crippen LogP contribution in [0, 0.1) is 0 Å². The van der Waals surface area contributed by atoms with Gasteiger partial charge in [-0.15, -0.1) is 0 Å². The lowest BCUT2D eigenvalue weighted by Crippen LogP contribution is -2.39. The first kappa shape index (κ1) is 14.0. The van der Waals surface area contributed by atoms with Gasteiger partial charge in [-0.1, -0.05) is 6.92 Å². The number of piperidine rings is 1. The van der Waals surface area contributed by atoms with E-state index in [2.05, 4.69) is 17.1 Å². The van der Waals surface area contributed by atoms with Crippen molar-refractivity contribution < 1.29 is 4.74 Å². The van der Waals surface area contributed by atoms with Gasteiger partial charge in [-0.2, -0.15) is 0 Å².